The van der Waals surface area contributed by atoms with Gasteiger partial charge in [0.2, 0.25) is 5.89 Å². The summed E-state index contributed by atoms with van der Waals surface area (Å²) >= 11 is 0. The smallest absolute Gasteiger partial charge is 0.388 e. The number of rotatable bonds is 5. The molecular weight excluding hydrogens is 349 g/mol. The predicted octanol–water partition coefficient (Wildman–Crippen LogP) is 3.24. The van der Waals surface area contributed by atoms with Crippen molar-refractivity contribution < 1.29 is 17.6 Å². The molecule has 1 aliphatic heterocycles. The van der Waals surface area contributed by atoms with E-state index >= 15 is 0 Å². The Morgan fingerprint density at radius 2 is 2.04 bits per heavy atom. The summed E-state index contributed by atoms with van der Waals surface area (Å²) in [6.07, 6.45) is -1.71. The van der Waals surface area contributed by atoms with E-state index in [1.807, 2.05) is 0 Å². The van der Waals surface area contributed by atoms with Crippen molar-refractivity contribution in [1.82, 2.24) is 15.5 Å². The van der Waals surface area contributed by atoms with Crippen LogP contribution in [-0.4, -0.2) is 29.8 Å². The Labute approximate surface area is 148 Å². The summed E-state index contributed by atoms with van der Waals surface area (Å²) in [5.74, 6) is -0.801. The van der Waals surface area contributed by atoms with Gasteiger partial charge in [0.1, 0.15) is 0 Å². The molecule has 0 spiro atoms. The molecule has 0 saturated carbocycles. The first kappa shape index (κ1) is 18.5. The van der Waals surface area contributed by atoms with Crippen LogP contribution < -0.4 is 16.4 Å². The van der Waals surface area contributed by atoms with Crippen LogP contribution in [-0.2, 0) is 6.18 Å². The summed E-state index contributed by atoms with van der Waals surface area (Å²) in [6, 6.07) is 3.52. The zero-order chi connectivity index (χ0) is 18.8. The standard InChI is InChI=1S/C17H21F3N4O2/c1-16(4-7-21-8-5-16)6-9-22-13-10-11(14-23-24-15(25)26-14)2-3-12(13)17(18,19)20/h2-3,10,21-22H,4-9H2,1H3,(H,24,25). The van der Waals surface area contributed by atoms with E-state index in [4.69, 9.17) is 4.42 Å². The van der Waals surface area contributed by atoms with Crippen molar-refractivity contribution in [2.45, 2.75) is 32.4 Å². The number of aromatic amines is 1. The molecule has 0 radical (unpaired) electrons. The second-order valence-corrected chi connectivity index (χ2v) is 6.91. The number of aromatic nitrogens is 2. The second kappa shape index (κ2) is 7.14. The normalized spacial score (nSPS) is 17.2. The number of H-pyrrole nitrogens is 1. The lowest BCUT2D eigenvalue weighted by atomic mass is 9.78. The minimum Gasteiger partial charge on any atom is -0.388 e. The maximum atomic E-state index is 13.3. The molecule has 6 nitrogen and oxygen atoms in total. The van der Waals surface area contributed by atoms with Gasteiger partial charge < -0.3 is 15.1 Å². The molecule has 2 aromatic rings. The third kappa shape index (κ3) is 4.27. The SMILES string of the molecule is CC1(CCNc2cc(-c3n[nH]c(=O)o3)ccc2C(F)(F)F)CCNCC1. The van der Waals surface area contributed by atoms with Gasteiger partial charge in [0, 0.05) is 17.8 Å². The number of hydrogen-bond acceptors (Lipinski definition) is 5. The van der Waals surface area contributed by atoms with Gasteiger partial charge >= 0.3 is 11.9 Å². The minimum absolute atomic E-state index is 0.0433. The second-order valence-electron chi connectivity index (χ2n) is 6.91. The number of hydrogen-bond donors (Lipinski definition) is 3. The maximum absolute atomic E-state index is 13.3. The number of benzene rings is 1. The van der Waals surface area contributed by atoms with E-state index < -0.39 is 17.5 Å². The first-order valence-electron chi connectivity index (χ1n) is 8.49. The molecule has 2 heterocycles. The molecule has 0 amide bonds. The Kier molecular flexibility index (Phi) is 5.08. The Morgan fingerprint density at radius 3 is 2.65 bits per heavy atom. The molecule has 0 bridgehead atoms. The lowest BCUT2D eigenvalue weighted by molar-refractivity contribution is -0.136. The number of halogens is 3. The molecule has 3 N–H and O–H groups in total. The van der Waals surface area contributed by atoms with Gasteiger partial charge in [0.05, 0.1) is 5.56 Å². The van der Waals surface area contributed by atoms with Crippen LogP contribution in [0.3, 0.4) is 0 Å². The Morgan fingerprint density at radius 1 is 1.31 bits per heavy atom. The Hall–Kier alpha value is -2.29. The number of anilines is 1. The van der Waals surface area contributed by atoms with Crippen LogP contribution in [0.25, 0.3) is 11.5 Å². The van der Waals surface area contributed by atoms with Crippen LogP contribution in [0, 0.1) is 5.41 Å². The maximum Gasteiger partial charge on any atom is 0.434 e. The third-order valence-corrected chi connectivity index (χ3v) is 4.86. The number of alkyl halides is 3. The van der Waals surface area contributed by atoms with Crippen molar-refractivity contribution in [3.8, 4) is 11.5 Å². The molecule has 0 aliphatic carbocycles. The quantitative estimate of drug-likeness (QED) is 0.753. The summed E-state index contributed by atoms with van der Waals surface area (Å²) < 4.78 is 44.7. The molecule has 26 heavy (non-hydrogen) atoms. The molecule has 142 valence electrons. The molecule has 0 unspecified atom stereocenters. The topological polar surface area (TPSA) is 83.0 Å². The highest BCUT2D eigenvalue weighted by Crippen LogP contribution is 2.37. The summed E-state index contributed by atoms with van der Waals surface area (Å²) in [5, 5.41) is 12.0. The van der Waals surface area contributed by atoms with Gasteiger partial charge in [-0.3, -0.25) is 0 Å². The van der Waals surface area contributed by atoms with Crippen LogP contribution in [0.2, 0.25) is 0 Å². The van der Waals surface area contributed by atoms with Crippen molar-refractivity contribution in [2.75, 3.05) is 25.0 Å². The van der Waals surface area contributed by atoms with E-state index in [0.717, 1.165) is 38.4 Å². The summed E-state index contributed by atoms with van der Waals surface area (Å²) in [6.45, 7) is 4.44. The average molecular weight is 370 g/mol. The fourth-order valence-corrected chi connectivity index (χ4v) is 3.20. The van der Waals surface area contributed by atoms with E-state index in [1.54, 1.807) is 0 Å². The number of nitrogens with zero attached hydrogens (tertiary/aromatic N) is 1. The van der Waals surface area contributed by atoms with Gasteiger partial charge in [-0.1, -0.05) is 6.92 Å². The highest BCUT2D eigenvalue weighted by Gasteiger charge is 2.34. The lowest BCUT2D eigenvalue weighted by Crippen LogP contribution is -2.35. The van der Waals surface area contributed by atoms with Gasteiger partial charge in [0.15, 0.2) is 0 Å². The molecule has 1 aromatic heterocycles. The van der Waals surface area contributed by atoms with Gasteiger partial charge in [-0.25, -0.2) is 9.89 Å². The predicted molar refractivity (Wildman–Crippen MR) is 90.9 cm³/mol. The van der Waals surface area contributed by atoms with Crippen molar-refractivity contribution in [3.63, 3.8) is 0 Å². The van der Waals surface area contributed by atoms with Crippen molar-refractivity contribution in [3.05, 3.63) is 34.3 Å². The minimum atomic E-state index is -4.48. The molecule has 1 fully saturated rings. The summed E-state index contributed by atoms with van der Waals surface area (Å²) in [5.41, 5.74) is -0.386. The molecule has 1 aromatic carbocycles. The summed E-state index contributed by atoms with van der Waals surface area (Å²) in [7, 11) is 0. The molecule has 9 heteroatoms. The largest absolute Gasteiger partial charge is 0.434 e. The zero-order valence-electron chi connectivity index (χ0n) is 14.4. The van der Waals surface area contributed by atoms with Crippen molar-refractivity contribution in [2.24, 2.45) is 5.41 Å². The van der Waals surface area contributed by atoms with Gasteiger partial charge in [-0.2, -0.15) is 13.2 Å². The molecule has 3 rings (SSSR count). The van der Waals surface area contributed by atoms with Crippen LogP contribution in [0.1, 0.15) is 31.7 Å². The average Bonchev–Trinajstić information content (AvgIpc) is 3.01. The van der Waals surface area contributed by atoms with Gasteiger partial charge in [-0.15, -0.1) is 5.10 Å². The molecule has 1 saturated heterocycles. The van der Waals surface area contributed by atoms with E-state index in [0.29, 0.717) is 12.1 Å². The van der Waals surface area contributed by atoms with Crippen LogP contribution in [0.5, 0.6) is 0 Å². The molecular formula is C17H21F3N4O2. The Bertz CT molecular complexity index is 807. The van der Waals surface area contributed by atoms with E-state index in [9.17, 15) is 18.0 Å². The lowest BCUT2D eigenvalue weighted by Gasteiger charge is -2.34. The highest BCUT2D eigenvalue weighted by molar-refractivity contribution is 5.65. The van der Waals surface area contributed by atoms with Crippen molar-refractivity contribution >= 4 is 5.69 Å². The van der Waals surface area contributed by atoms with Crippen LogP contribution in [0.4, 0.5) is 18.9 Å². The first-order valence-corrected chi connectivity index (χ1v) is 8.49. The van der Waals surface area contributed by atoms with Gasteiger partial charge in [0.25, 0.3) is 0 Å². The van der Waals surface area contributed by atoms with E-state index in [1.165, 1.54) is 12.1 Å². The fourth-order valence-electron chi connectivity index (χ4n) is 3.20. The Balaban J connectivity index is 1.79. The van der Waals surface area contributed by atoms with E-state index in [2.05, 4.69) is 27.8 Å². The zero-order valence-corrected chi connectivity index (χ0v) is 14.4. The van der Waals surface area contributed by atoms with Crippen molar-refractivity contribution in [1.29, 1.82) is 0 Å². The summed E-state index contributed by atoms with van der Waals surface area (Å²) in [4.78, 5) is 11.1. The monoisotopic (exact) mass is 370 g/mol. The first-order chi connectivity index (χ1) is 12.3. The fraction of sp³-hybridized carbons (Fsp3) is 0.529. The molecule has 0 atom stereocenters. The molecule has 1 aliphatic rings. The number of piperidine rings is 1. The van der Waals surface area contributed by atoms with Crippen LogP contribution in [0.15, 0.2) is 27.4 Å². The highest BCUT2D eigenvalue weighted by atomic mass is 19.4. The third-order valence-electron chi connectivity index (χ3n) is 4.86. The van der Waals surface area contributed by atoms with E-state index in [-0.39, 0.29) is 17.0 Å². The van der Waals surface area contributed by atoms with Gasteiger partial charge in [-0.05, 0) is 56.0 Å². The number of nitrogens with one attached hydrogen (secondary N) is 3. The van der Waals surface area contributed by atoms with Crippen LogP contribution >= 0.6 is 0 Å².